The normalized spacial score (nSPS) is 12.4. The Labute approximate surface area is 127 Å². The molecule has 0 amide bonds. The van der Waals surface area contributed by atoms with Crippen molar-refractivity contribution in [3.63, 3.8) is 0 Å². The summed E-state index contributed by atoms with van der Waals surface area (Å²) in [4.78, 5) is 6.80. The third-order valence-electron chi connectivity index (χ3n) is 3.38. The molecule has 5 heteroatoms. The van der Waals surface area contributed by atoms with E-state index in [1.807, 2.05) is 18.0 Å². The van der Waals surface area contributed by atoms with Crippen LogP contribution in [0.3, 0.4) is 0 Å². The average Bonchev–Trinajstić information content (AvgIpc) is 2.49. The van der Waals surface area contributed by atoms with Crippen molar-refractivity contribution in [1.29, 1.82) is 0 Å². The zero-order chi connectivity index (χ0) is 14.8. The molecule has 1 N–H and O–H groups in total. The number of methoxy groups -OCH3 is 1. The number of thioether (sulfide) groups is 1. The number of nitrogens with one attached hydrogen (secondary N) is 1. The molecule has 0 saturated heterocycles. The summed E-state index contributed by atoms with van der Waals surface area (Å²) in [6.45, 7) is 4.69. The third-order valence-corrected chi connectivity index (χ3v) is 4.03. The van der Waals surface area contributed by atoms with E-state index >= 15 is 0 Å². The first-order valence-corrected chi connectivity index (χ1v) is 8.44. The Bertz CT molecular complexity index is 359. The van der Waals surface area contributed by atoms with Gasteiger partial charge in [0, 0.05) is 39.5 Å². The highest BCUT2D eigenvalue weighted by molar-refractivity contribution is 7.98. The summed E-state index contributed by atoms with van der Waals surface area (Å²) < 4.78 is 5.00. The van der Waals surface area contributed by atoms with Crippen molar-refractivity contribution in [2.24, 2.45) is 0 Å². The molecule has 1 aromatic heterocycles. The van der Waals surface area contributed by atoms with E-state index in [0.717, 1.165) is 25.5 Å². The second-order valence-corrected chi connectivity index (χ2v) is 5.92. The minimum absolute atomic E-state index is 0.514. The van der Waals surface area contributed by atoms with E-state index in [9.17, 15) is 0 Å². The Morgan fingerprint density at radius 1 is 1.45 bits per heavy atom. The lowest BCUT2D eigenvalue weighted by Crippen LogP contribution is -2.30. The molecule has 0 radical (unpaired) electrons. The summed E-state index contributed by atoms with van der Waals surface area (Å²) in [6, 6.07) is 4.75. The summed E-state index contributed by atoms with van der Waals surface area (Å²) in [7, 11) is 3.83. The van der Waals surface area contributed by atoms with E-state index in [-0.39, 0.29) is 0 Å². The number of ether oxygens (including phenoxy) is 1. The summed E-state index contributed by atoms with van der Waals surface area (Å²) in [5.41, 5.74) is 1.20. The lowest BCUT2D eigenvalue weighted by atomic mass is 10.2. The molecule has 0 aliphatic heterocycles. The van der Waals surface area contributed by atoms with Gasteiger partial charge < -0.3 is 15.0 Å². The Hall–Kier alpha value is -0.780. The summed E-state index contributed by atoms with van der Waals surface area (Å²) >= 11 is 1.89. The van der Waals surface area contributed by atoms with Gasteiger partial charge in [0.05, 0.1) is 6.61 Å². The zero-order valence-electron chi connectivity index (χ0n) is 13.1. The monoisotopic (exact) mass is 297 g/mol. The SMILES string of the molecule is COCCNCc1ccc(N(C)C(C)CCSC)nc1. The number of anilines is 1. The maximum absolute atomic E-state index is 5.00. The topological polar surface area (TPSA) is 37.4 Å². The first-order valence-electron chi connectivity index (χ1n) is 7.05. The van der Waals surface area contributed by atoms with Crippen molar-refractivity contribution in [1.82, 2.24) is 10.3 Å². The van der Waals surface area contributed by atoms with Crippen LogP contribution in [0.2, 0.25) is 0 Å². The molecule has 1 aromatic rings. The number of pyridine rings is 1. The average molecular weight is 297 g/mol. The van der Waals surface area contributed by atoms with Gasteiger partial charge in [-0.05, 0) is 37.0 Å². The molecule has 20 heavy (non-hydrogen) atoms. The Kier molecular flexibility index (Phi) is 8.65. The molecule has 4 nitrogen and oxygen atoms in total. The van der Waals surface area contributed by atoms with Crippen LogP contribution >= 0.6 is 11.8 Å². The van der Waals surface area contributed by atoms with Gasteiger partial charge in [0.15, 0.2) is 0 Å². The predicted molar refractivity (Wildman–Crippen MR) is 88.7 cm³/mol. The first-order chi connectivity index (χ1) is 9.69. The fraction of sp³-hybridized carbons (Fsp3) is 0.667. The van der Waals surface area contributed by atoms with Crippen LogP contribution in [0.4, 0.5) is 5.82 Å². The van der Waals surface area contributed by atoms with E-state index in [4.69, 9.17) is 4.74 Å². The maximum Gasteiger partial charge on any atom is 0.128 e. The highest BCUT2D eigenvalue weighted by Gasteiger charge is 2.10. The van der Waals surface area contributed by atoms with Crippen LogP contribution in [-0.2, 0) is 11.3 Å². The van der Waals surface area contributed by atoms with Crippen LogP contribution in [0.5, 0.6) is 0 Å². The molecule has 1 atom stereocenters. The Morgan fingerprint density at radius 3 is 2.85 bits per heavy atom. The molecule has 1 heterocycles. The molecule has 0 aliphatic carbocycles. The number of hydrogen-bond donors (Lipinski definition) is 1. The van der Waals surface area contributed by atoms with E-state index in [2.05, 4.69) is 47.6 Å². The van der Waals surface area contributed by atoms with Crippen molar-refractivity contribution in [2.75, 3.05) is 44.2 Å². The maximum atomic E-state index is 5.00. The van der Waals surface area contributed by atoms with Crippen LogP contribution in [0.1, 0.15) is 18.9 Å². The van der Waals surface area contributed by atoms with E-state index in [1.165, 1.54) is 17.7 Å². The van der Waals surface area contributed by atoms with Gasteiger partial charge in [0.2, 0.25) is 0 Å². The van der Waals surface area contributed by atoms with Crippen LogP contribution in [0.15, 0.2) is 18.3 Å². The molecule has 1 unspecified atom stereocenters. The van der Waals surface area contributed by atoms with Crippen molar-refractivity contribution < 1.29 is 4.74 Å². The van der Waals surface area contributed by atoms with Gasteiger partial charge in [-0.3, -0.25) is 0 Å². The Balaban J connectivity index is 2.44. The van der Waals surface area contributed by atoms with E-state index in [1.54, 1.807) is 7.11 Å². The second-order valence-electron chi connectivity index (χ2n) is 4.94. The fourth-order valence-electron chi connectivity index (χ4n) is 1.84. The molecule has 0 aliphatic rings. The van der Waals surface area contributed by atoms with Crippen LogP contribution in [0, 0.1) is 0 Å². The van der Waals surface area contributed by atoms with Crippen molar-refractivity contribution >= 4 is 17.6 Å². The van der Waals surface area contributed by atoms with Crippen molar-refractivity contribution in [3.05, 3.63) is 23.9 Å². The second kappa shape index (κ2) is 10.0. The van der Waals surface area contributed by atoms with E-state index in [0.29, 0.717) is 6.04 Å². The van der Waals surface area contributed by atoms with Crippen molar-refractivity contribution in [2.45, 2.75) is 25.9 Å². The van der Waals surface area contributed by atoms with Gasteiger partial charge in [-0.25, -0.2) is 4.98 Å². The third kappa shape index (κ3) is 6.11. The number of hydrogen-bond acceptors (Lipinski definition) is 5. The molecule has 114 valence electrons. The molecular weight excluding hydrogens is 270 g/mol. The Morgan fingerprint density at radius 2 is 2.25 bits per heavy atom. The number of rotatable bonds is 10. The van der Waals surface area contributed by atoms with Crippen LogP contribution in [0.25, 0.3) is 0 Å². The molecular formula is C15H27N3OS. The van der Waals surface area contributed by atoms with Gasteiger partial charge >= 0.3 is 0 Å². The zero-order valence-corrected chi connectivity index (χ0v) is 13.9. The molecule has 1 rings (SSSR count). The number of aromatic nitrogens is 1. The summed E-state index contributed by atoms with van der Waals surface area (Å²) in [5, 5.41) is 3.32. The minimum Gasteiger partial charge on any atom is -0.383 e. The highest BCUT2D eigenvalue weighted by atomic mass is 32.2. The molecule has 0 bridgehead atoms. The van der Waals surface area contributed by atoms with Gasteiger partial charge in [-0.15, -0.1) is 0 Å². The van der Waals surface area contributed by atoms with Gasteiger partial charge in [-0.1, -0.05) is 6.07 Å². The van der Waals surface area contributed by atoms with Crippen LogP contribution < -0.4 is 10.2 Å². The lowest BCUT2D eigenvalue weighted by molar-refractivity contribution is 0.199. The number of nitrogens with zero attached hydrogens (tertiary/aromatic N) is 2. The molecule has 0 spiro atoms. The van der Waals surface area contributed by atoms with Gasteiger partial charge in [0.1, 0.15) is 5.82 Å². The standard InChI is InChI=1S/C15H27N3OS/c1-13(7-10-20-4)18(2)15-6-5-14(12-17-15)11-16-8-9-19-3/h5-6,12-13,16H,7-11H2,1-4H3. The minimum atomic E-state index is 0.514. The van der Waals surface area contributed by atoms with Gasteiger partial charge in [0.25, 0.3) is 0 Å². The molecule has 0 aromatic carbocycles. The quantitative estimate of drug-likeness (QED) is 0.671. The largest absolute Gasteiger partial charge is 0.383 e. The van der Waals surface area contributed by atoms with E-state index < -0.39 is 0 Å². The molecule has 0 saturated carbocycles. The van der Waals surface area contributed by atoms with Crippen LogP contribution in [-0.4, -0.2) is 50.3 Å². The fourth-order valence-corrected chi connectivity index (χ4v) is 2.42. The van der Waals surface area contributed by atoms with Gasteiger partial charge in [-0.2, -0.15) is 11.8 Å². The lowest BCUT2D eigenvalue weighted by Gasteiger charge is -2.25. The predicted octanol–water partition coefficient (Wildman–Crippen LogP) is 2.40. The highest BCUT2D eigenvalue weighted by Crippen LogP contribution is 2.15. The smallest absolute Gasteiger partial charge is 0.128 e. The van der Waals surface area contributed by atoms with Crippen molar-refractivity contribution in [3.8, 4) is 0 Å². The molecule has 0 fully saturated rings. The summed E-state index contributed by atoms with van der Waals surface area (Å²) in [5.74, 6) is 2.23. The summed E-state index contributed by atoms with van der Waals surface area (Å²) in [6.07, 6.45) is 5.28. The first kappa shape index (κ1) is 17.3.